The summed E-state index contributed by atoms with van der Waals surface area (Å²) in [6.07, 6.45) is 1.80. The maximum absolute atomic E-state index is 4.28. The van der Waals surface area contributed by atoms with Gasteiger partial charge in [0, 0.05) is 57.1 Å². The summed E-state index contributed by atoms with van der Waals surface area (Å²) in [6.45, 7) is 3.74. The maximum Gasteiger partial charge on any atom is 0.191 e. The van der Waals surface area contributed by atoms with Gasteiger partial charge in [-0.05, 0) is 23.8 Å². The molecule has 0 unspecified atom stereocenters. The van der Waals surface area contributed by atoms with Crippen molar-refractivity contribution in [2.75, 3.05) is 36.5 Å². The van der Waals surface area contributed by atoms with Gasteiger partial charge in [0.2, 0.25) is 0 Å². The molecule has 2 heterocycles. The van der Waals surface area contributed by atoms with Crippen molar-refractivity contribution in [3.63, 3.8) is 0 Å². The van der Waals surface area contributed by atoms with Gasteiger partial charge in [0.05, 0.1) is 12.2 Å². The monoisotopic (exact) mass is 486 g/mol. The Hall–Kier alpha value is -1.42. The van der Waals surface area contributed by atoms with Crippen LogP contribution in [0.5, 0.6) is 0 Å². The molecule has 1 aromatic heterocycles. The zero-order valence-corrected chi connectivity index (χ0v) is 18.5. The van der Waals surface area contributed by atoms with E-state index < -0.39 is 0 Å². The number of nitrogens with zero attached hydrogens (tertiary/aromatic N) is 4. The smallest absolute Gasteiger partial charge is 0.191 e. The predicted molar refractivity (Wildman–Crippen MR) is 122 cm³/mol. The molecule has 0 spiro atoms. The molecule has 0 atom stereocenters. The summed E-state index contributed by atoms with van der Waals surface area (Å²) in [6, 6.07) is 10.8. The van der Waals surface area contributed by atoms with Gasteiger partial charge >= 0.3 is 0 Å². The van der Waals surface area contributed by atoms with Crippen LogP contribution in [0, 0.1) is 0 Å². The van der Waals surface area contributed by atoms with E-state index >= 15 is 0 Å². The summed E-state index contributed by atoms with van der Waals surface area (Å²) in [5, 5.41) is 10.8. The molecule has 142 valence electrons. The molecule has 3 rings (SSSR count). The third-order valence-electron chi connectivity index (χ3n) is 4.36. The highest BCUT2D eigenvalue weighted by molar-refractivity contribution is 14.0. The van der Waals surface area contributed by atoms with E-state index in [0.29, 0.717) is 6.54 Å². The zero-order chi connectivity index (χ0) is 17.5. The van der Waals surface area contributed by atoms with Crippen molar-refractivity contribution >= 4 is 47.4 Å². The molecule has 1 fully saturated rings. The summed E-state index contributed by atoms with van der Waals surface area (Å²) < 4.78 is 1.86. The molecule has 1 aliphatic rings. The second-order valence-electron chi connectivity index (χ2n) is 5.99. The molecule has 2 N–H and O–H groups in total. The van der Waals surface area contributed by atoms with Crippen LogP contribution in [0.3, 0.4) is 0 Å². The third kappa shape index (κ3) is 5.80. The Labute approximate surface area is 176 Å². The Balaban J connectivity index is 0.00000243. The van der Waals surface area contributed by atoms with Crippen LogP contribution in [-0.4, -0.2) is 47.4 Å². The van der Waals surface area contributed by atoms with E-state index in [0.717, 1.165) is 31.3 Å². The fourth-order valence-corrected chi connectivity index (χ4v) is 3.70. The Morgan fingerprint density at radius 3 is 2.42 bits per heavy atom. The standard InChI is InChI=1S/C18H26N6S.HI/c1-19-18(21-14-17-7-8-22-23(17)2)20-13-15-3-5-16(6-4-15)24-9-11-25-12-10-24;/h3-8H,9-14H2,1-2H3,(H2,19,20,21);1H. The van der Waals surface area contributed by atoms with Gasteiger partial charge in [-0.25, -0.2) is 0 Å². The van der Waals surface area contributed by atoms with Crippen molar-refractivity contribution in [2.45, 2.75) is 13.1 Å². The maximum atomic E-state index is 4.28. The molecule has 1 saturated heterocycles. The molecule has 0 saturated carbocycles. The molecule has 0 radical (unpaired) electrons. The average Bonchev–Trinajstić information content (AvgIpc) is 3.08. The molecule has 0 bridgehead atoms. The number of thioether (sulfide) groups is 1. The lowest BCUT2D eigenvalue weighted by Gasteiger charge is -2.28. The van der Waals surface area contributed by atoms with Crippen LogP contribution in [0.25, 0.3) is 0 Å². The van der Waals surface area contributed by atoms with Gasteiger partial charge in [-0.15, -0.1) is 24.0 Å². The number of aromatic nitrogens is 2. The normalized spacial score (nSPS) is 14.7. The van der Waals surface area contributed by atoms with Gasteiger partial charge in [0.1, 0.15) is 0 Å². The van der Waals surface area contributed by atoms with Gasteiger partial charge in [0.15, 0.2) is 5.96 Å². The number of rotatable bonds is 5. The lowest BCUT2D eigenvalue weighted by molar-refractivity contribution is 0.684. The van der Waals surface area contributed by atoms with Gasteiger partial charge in [-0.2, -0.15) is 16.9 Å². The summed E-state index contributed by atoms with van der Waals surface area (Å²) in [7, 11) is 3.73. The molecule has 0 amide bonds. The number of nitrogens with one attached hydrogen (secondary N) is 2. The lowest BCUT2D eigenvalue weighted by atomic mass is 10.2. The minimum Gasteiger partial charge on any atom is -0.370 e. The van der Waals surface area contributed by atoms with Crippen LogP contribution in [0.1, 0.15) is 11.3 Å². The summed E-state index contributed by atoms with van der Waals surface area (Å²) in [5.41, 5.74) is 3.69. The van der Waals surface area contributed by atoms with E-state index in [4.69, 9.17) is 0 Å². The van der Waals surface area contributed by atoms with Crippen molar-refractivity contribution in [2.24, 2.45) is 12.0 Å². The van der Waals surface area contributed by atoms with E-state index in [1.807, 2.05) is 29.6 Å². The van der Waals surface area contributed by atoms with Crippen molar-refractivity contribution in [1.29, 1.82) is 0 Å². The molecule has 8 heteroatoms. The number of halogens is 1. The largest absolute Gasteiger partial charge is 0.370 e. The van der Waals surface area contributed by atoms with Crippen molar-refractivity contribution in [3.8, 4) is 0 Å². The average molecular weight is 486 g/mol. The van der Waals surface area contributed by atoms with E-state index in [1.165, 1.54) is 22.8 Å². The van der Waals surface area contributed by atoms with Crippen molar-refractivity contribution in [3.05, 3.63) is 47.8 Å². The molecule has 0 aliphatic carbocycles. The lowest BCUT2D eigenvalue weighted by Crippen LogP contribution is -2.36. The fourth-order valence-electron chi connectivity index (χ4n) is 2.80. The van der Waals surface area contributed by atoms with Crippen LogP contribution < -0.4 is 15.5 Å². The minimum absolute atomic E-state index is 0. The second-order valence-corrected chi connectivity index (χ2v) is 7.22. The highest BCUT2D eigenvalue weighted by atomic mass is 127. The van der Waals surface area contributed by atoms with Crippen LogP contribution in [-0.2, 0) is 20.1 Å². The number of hydrogen-bond acceptors (Lipinski definition) is 4. The SMILES string of the molecule is CN=C(NCc1ccc(N2CCSCC2)cc1)NCc1ccnn1C.I. The Morgan fingerprint density at radius 2 is 1.81 bits per heavy atom. The highest BCUT2D eigenvalue weighted by Crippen LogP contribution is 2.19. The number of guanidine groups is 1. The van der Waals surface area contributed by atoms with Crippen LogP contribution in [0.15, 0.2) is 41.5 Å². The topological polar surface area (TPSA) is 57.5 Å². The number of benzene rings is 1. The van der Waals surface area contributed by atoms with Crippen molar-refractivity contribution in [1.82, 2.24) is 20.4 Å². The Kier molecular flexibility index (Phi) is 8.56. The zero-order valence-electron chi connectivity index (χ0n) is 15.3. The first-order valence-corrected chi connectivity index (χ1v) is 9.75. The van der Waals surface area contributed by atoms with E-state index in [1.54, 1.807) is 13.2 Å². The van der Waals surface area contributed by atoms with E-state index in [9.17, 15) is 0 Å². The first kappa shape index (κ1) is 20.9. The molecule has 26 heavy (non-hydrogen) atoms. The minimum atomic E-state index is 0. The van der Waals surface area contributed by atoms with Crippen LogP contribution >= 0.6 is 35.7 Å². The summed E-state index contributed by atoms with van der Waals surface area (Å²) in [5.74, 6) is 3.24. The molecule has 2 aromatic rings. The molecule has 6 nitrogen and oxygen atoms in total. The third-order valence-corrected chi connectivity index (χ3v) is 5.30. The predicted octanol–water partition coefficient (Wildman–Crippen LogP) is 2.46. The molecular weight excluding hydrogens is 459 g/mol. The van der Waals surface area contributed by atoms with E-state index in [2.05, 4.69) is 49.9 Å². The number of anilines is 1. The fraction of sp³-hybridized carbons (Fsp3) is 0.444. The summed E-state index contributed by atoms with van der Waals surface area (Å²) in [4.78, 5) is 6.74. The Morgan fingerprint density at radius 1 is 1.12 bits per heavy atom. The highest BCUT2D eigenvalue weighted by Gasteiger charge is 2.10. The summed E-state index contributed by atoms with van der Waals surface area (Å²) >= 11 is 2.04. The number of aliphatic imine (C=N–C) groups is 1. The van der Waals surface area contributed by atoms with E-state index in [-0.39, 0.29) is 24.0 Å². The van der Waals surface area contributed by atoms with Gasteiger partial charge in [0.25, 0.3) is 0 Å². The number of aryl methyl sites for hydroxylation is 1. The molecule has 1 aromatic carbocycles. The van der Waals surface area contributed by atoms with Crippen molar-refractivity contribution < 1.29 is 0 Å². The van der Waals surface area contributed by atoms with Gasteiger partial charge in [-0.3, -0.25) is 9.67 Å². The Bertz CT molecular complexity index is 694. The molecular formula is C18H27IN6S. The second kappa shape index (κ2) is 10.7. The van der Waals surface area contributed by atoms with Gasteiger partial charge in [-0.1, -0.05) is 12.1 Å². The quantitative estimate of drug-likeness (QED) is 0.387. The van der Waals surface area contributed by atoms with Crippen LogP contribution in [0.4, 0.5) is 5.69 Å². The van der Waals surface area contributed by atoms with Crippen LogP contribution in [0.2, 0.25) is 0 Å². The molecule has 1 aliphatic heterocycles. The number of hydrogen-bond donors (Lipinski definition) is 2. The van der Waals surface area contributed by atoms with Gasteiger partial charge < -0.3 is 15.5 Å². The first-order chi connectivity index (χ1) is 12.3. The first-order valence-electron chi connectivity index (χ1n) is 8.59.